The number of aromatic amines is 1. The van der Waals surface area contributed by atoms with Gasteiger partial charge in [-0.25, -0.2) is 4.98 Å². The summed E-state index contributed by atoms with van der Waals surface area (Å²) in [6.07, 6.45) is 1.70. The van der Waals surface area contributed by atoms with Crippen molar-refractivity contribution in [3.63, 3.8) is 0 Å². The number of halogens is 1. The van der Waals surface area contributed by atoms with Gasteiger partial charge in [0.05, 0.1) is 4.47 Å². The molecule has 2 rings (SSSR count). The number of rotatable bonds is 4. The molecule has 1 N–H and O–H groups in total. The molecule has 0 atom stereocenters. The number of pyridine rings is 1. The number of nitrogens with one attached hydrogen (secondary N) is 1. The highest BCUT2D eigenvalue weighted by Crippen LogP contribution is 2.30. The normalized spacial score (nSPS) is 10.2. The molecule has 0 spiro atoms. The molecule has 0 saturated carbocycles. The van der Waals surface area contributed by atoms with Crippen LogP contribution in [0.3, 0.4) is 0 Å². The van der Waals surface area contributed by atoms with Gasteiger partial charge in [0.25, 0.3) is 0 Å². The van der Waals surface area contributed by atoms with Crippen LogP contribution in [-0.2, 0) is 5.75 Å². The lowest BCUT2D eigenvalue weighted by molar-refractivity contribution is -0.366. The molecule has 0 aliphatic rings. The lowest BCUT2D eigenvalue weighted by Gasteiger charge is -2.00. The Balaban J connectivity index is 2.13. The molecule has 17 heavy (non-hydrogen) atoms. The van der Waals surface area contributed by atoms with Gasteiger partial charge in [-0.05, 0) is 32.5 Å². The van der Waals surface area contributed by atoms with E-state index in [0.29, 0.717) is 5.82 Å². The molecule has 3 nitrogen and oxygen atoms in total. The molecule has 1 aromatic carbocycles. The van der Waals surface area contributed by atoms with Crippen molar-refractivity contribution < 1.29 is 4.98 Å². The minimum Gasteiger partial charge on any atom is -0.239 e. The monoisotopic (exact) mass is 309 g/mol. The predicted octanol–water partition coefficient (Wildman–Crippen LogP) is 3.95. The summed E-state index contributed by atoms with van der Waals surface area (Å²) in [4.78, 5) is 14.3. The van der Waals surface area contributed by atoms with Gasteiger partial charge in [0.15, 0.2) is 0 Å². The van der Waals surface area contributed by atoms with Crippen LogP contribution >= 0.6 is 27.7 Å². The summed E-state index contributed by atoms with van der Waals surface area (Å²) in [5.74, 6) is 1.18. The molecule has 0 unspecified atom stereocenters. The fraction of sp³-hybridized carbons (Fsp3) is 0.0833. The Labute approximate surface area is 112 Å². The van der Waals surface area contributed by atoms with Crippen LogP contribution in [0.5, 0.6) is 0 Å². The molecule has 1 heterocycles. The smallest absolute Gasteiger partial charge is 0.239 e. The number of H-pyrrole nitrogens is 1. The van der Waals surface area contributed by atoms with Gasteiger partial charge >= 0.3 is 5.82 Å². The maximum absolute atomic E-state index is 10.6. The molecular formula is C12H10BrN2OS+. The molecule has 1 aromatic heterocycles. The third-order valence-corrected chi connectivity index (χ3v) is 3.74. The molecule has 0 amide bonds. The number of aromatic nitrogens is 1. The van der Waals surface area contributed by atoms with Crippen LogP contribution in [-0.4, -0.2) is 0 Å². The Bertz CT molecular complexity index is 519. The van der Waals surface area contributed by atoms with Gasteiger partial charge in [-0.3, -0.25) is 0 Å². The predicted molar refractivity (Wildman–Crippen MR) is 72.2 cm³/mol. The first-order valence-electron chi connectivity index (χ1n) is 5.01. The Kier molecular flexibility index (Phi) is 4.28. The van der Waals surface area contributed by atoms with E-state index >= 15 is 0 Å². The fourth-order valence-corrected chi connectivity index (χ4v) is 2.81. The summed E-state index contributed by atoms with van der Waals surface area (Å²) in [5.41, 5.74) is 1.22. The first-order chi connectivity index (χ1) is 8.29. The Morgan fingerprint density at radius 1 is 1.29 bits per heavy atom. The first kappa shape index (κ1) is 12.3. The molecule has 0 fully saturated rings. The van der Waals surface area contributed by atoms with Gasteiger partial charge in [-0.1, -0.05) is 30.3 Å². The molecule has 0 aliphatic heterocycles. The van der Waals surface area contributed by atoms with E-state index in [4.69, 9.17) is 0 Å². The van der Waals surface area contributed by atoms with E-state index in [1.165, 1.54) is 5.56 Å². The van der Waals surface area contributed by atoms with Gasteiger partial charge in [0, 0.05) is 5.75 Å². The number of hydrogen-bond acceptors (Lipinski definition) is 3. The van der Waals surface area contributed by atoms with Crippen molar-refractivity contribution in [1.29, 1.82) is 0 Å². The molecule has 0 aliphatic carbocycles. The van der Waals surface area contributed by atoms with Crippen molar-refractivity contribution in [1.82, 2.24) is 0 Å². The van der Waals surface area contributed by atoms with Crippen molar-refractivity contribution in [2.45, 2.75) is 10.6 Å². The molecule has 2 aromatic rings. The molecule has 86 valence electrons. The minimum atomic E-state index is 0.370. The number of hydrogen-bond donors (Lipinski definition) is 0. The standard InChI is InChI=1S/C12H9BrN2OS/c13-10-6-11(12(15-16)14-7-10)17-8-9-4-2-1-3-5-9/h1-7H,8H2/p+1. The Morgan fingerprint density at radius 2 is 2.06 bits per heavy atom. The summed E-state index contributed by atoms with van der Waals surface area (Å²) in [6.45, 7) is 0. The van der Waals surface area contributed by atoms with Gasteiger partial charge in [0.1, 0.15) is 11.1 Å². The third-order valence-electron chi connectivity index (χ3n) is 2.18. The number of nitroso groups, excluding NO2 is 1. The zero-order chi connectivity index (χ0) is 12.1. The summed E-state index contributed by atoms with van der Waals surface area (Å²) in [6, 6.07) is 12.0. The number of thioether (sulfide) groups is 1. The van der Waals surface area contributed by atoms with E-state index in [0.717, 1.165) is 15.1 Å². The van der Waals surface area contributed by atoms with E-state index < -0.39 is 0 Å². The SMILES string of the molecule is O=Nc1[nH+]cc(Br)cc1SCc1ccccc1. The van der Waals surface area contributed by atoms with E-state index in [1.807, 2.05) is 24.3 Å². The van der Waals surface area contributed by atoms with Crippen molar-refractivity contribution >= 4 is 33.5 Å². The highest BCUT2D eigenvalue weighted by Gasteiger charge is 2.13. The van der Waals surface area contributed by atoms with Crippen LogP contribution in [0.15, 0.2) is 57.1 Å². The quantitative estimate of drug-likeness (QED) is 0.634. The molecule has 0 bridgehead atoms. The molecular weight excluding hydrogens is 300 g/mol. The van der Waals surface area contributed by atoms with E-state index in [-0.39, 0.29) is 0 Å². The third kappa shape index (κ3) is 3.38. The topological polar surface area (TPSA) is 43.6 Å². The summed E-state index contributed by atoms with van der Waals surface area (Å²) in [5, 5.41) is 2.98. The Hall–Kier alpha value is -1.20. The van der Waals surface area contributed by atoms with Crippen LogP contribution in [0, 0.1) is 4.91 Å². The van der Waals surface area contributed by atoms with Crippen molar-refractivity contribution in [3.8, 4) is 0 Å². The lowest BCUT2D eigenvalue weighted by atomic mass is 10.2. The van der Waals surface area contributed by atoms with Crippen LogP contribution in [0.4, 0.5) is 5.82 Å². The minimum absolute atomic E-state index is 0.370. The van der Waals surface area contributed by atoms with E-state index in [9.17, 15) is 4.91 Å². The maximum atomic E-state index is 10.6. The van der Waals surface area contributed by atoms with Gasteiger partial charge in [-0.15, -0.1) is 11.8 Å². The number of benzene rings is 1. The largest absolute Gasteiger partial charge is 0.386 e. The zero-order valence-corrected chi connectivity index (χ0v) is 11.3. The van der Waals surface area contributed by atoms with Crippen molar-refractivity contribution in [2.24, 2.45) is 5.18 Å². The maximum Gasteiger partial charge on any atom is 0.386 e. The fourth-order valence-electron chi connectivity index (χ4n) is 1.36. The average Bonchev–Trinajstić information content (AvgIpc) is 2.38. The number of nitrogens with zero attached hydrogens (tertiary/aromatic N) is 1. The highest BCUT2D eigenvalue weighted by atomic mass is 79.9. The highest BCUT2D eigenvalue weighted by molar-refractivity contribution is 9.10. The van der Waals surface area contributed by atoms with Crippen molar-refractivity contribution in [3.05, 3.63) is 57.5 Å². The first-order valence-corrected chi connectivity index (χ1v) is 6.79. The summed E-state index contributed by atoms with van der Waals surface area (Å²) < 4.78 is 0.903. The van der Waals surface area contributed by atoms with Gasteiger partial charge in [0.2, 0.25) is 5.18 Å². The molecule has 0 radical (unpaired) electrons. The summed E-state index contributed by atoms with van der Waals surface area (Å²) >= 11 is 4.95. The lowest BCUT2D eigenvalue weighted by Crippen LogP contribution is -2.02. The van der Waals surface area contributed by atoms with Crippen molar-refractivity contribution in [2.75, 3.05) is 0 Å². The second-order valence-electron chi connectivity index (χ2n) is 3.40. The van der Waals surface area contributed by atoms with Crippen LogP contribution in [0.1, 0.15) is 5.56 Å². The summed E-state index contributed by atoms with van der Waals surface area (Å²) in [7, 11) is 0. The second kappa shape index (κ2) is 5.93. The van der Waals surface area contributed by atoms with Crippen LogP contribution in [0.2, 0.25) is 0 Å². The average molecular weight is 310 g/mol. The van der Waals surface area contributed by atoms with E-state index in [2.05, 4.69) is 38.2 Å². The van der Waals surface area contributed by atoms with Crippen LogP contribution in [0.25, 0.3) is 0 Å². The second-order valence-corrected chi connectivity index (χ2v) is 5.33. The zero-order valence-electron chi connectivity index (χ0n) is 8.89. The van der Waals surface area contributed by atoms with Gasteiger partial charge < -0.3 is 0 Å². The molecule has 0 saturated heterocycles. The molecule has 5 heteroatoms. The van der Waals surface area contributed by atoms with E-state index in [1.54, 1.807) is 18.0 Å². The van der Waals surface area contributed by atoms with Gasteiger partial charge in [-0.2, -0.15) is 0 Å². The van der Waals surface area contributed by atoms with Crippen LogP contribution < -0.4 is 4.98 Å². The Morgan fingerprint density at radius 3 is 2.76 bits per heavy atom.